The summed E-state index contributed by atoms with van der Waals surface area (Å²) < 4.78 is 15.9. The molecule has 3 atom stereocenters. The first-order chi connectivity index (χ1) is 16.4. The predicted molar refractivity (Wildman–Crippen MR) is 130 cm³/mol. The number of benzene rings is 1. The molecule has 0 unspecified atom stereocenters. The lowest BCUT2D eigenvalue weighted by Crippen LogP contribution is -2.61. The summed E-state index contributed by atoms with van der Waals surface area (Å²) in [6, 6.07) is 12.7. The van der Waals surface area contributed by atoms with Gasteiger partial charge in [-0.25, -0.2) is 0 Å². The largest absolute Gasteiger partial charge is 0.497 e. The summed E-state index contributed by atoms with van der Waals surface area (Å²) in [5, 5.41) is 3.01. The molecule has 8 nitrogen and oxygen atoms in total. The van der Waals surface area contributed by atoms with E-state index >= 15 is 0 Å². The fraction of sp³-hybridized carbons (Fsp3) is 0.292. The fourth-order valence-electron chi connectivity index (χ4n) is 5.66. The van der Waals surface area contributed by atoms with Crippen LogP contribution in [0.4, 0.5) is 5.69 Å². The van der Waals surface area contributed by atoms with Crippen molar-refractivity contribution in [3.63, 3.8) is 0 Å². The summed E-state index contributed by atoms with van der Waals surface area (Å²) in [7, 11) is 3.44. The fourth-order valence-corrected chi connectivity index (χ4v) is 7.77. The lowest BCUT2D eigenvalue weighted by atomic mass is 9.73. The second-order valence-electron chi connectivity index (χ2n) is 8.60. The highest BCUT2D eigenvalue weighted by Gasteiger charge is 2.78. The van der Waals surface area contributed by atoms with Gasteiger partial charge in [-0.1, -0.05) is 24.0 Å². The Labute approximate surface area is 205 Å². The van der Waals surface area contributed by atoms with Gasteiger partial charge in [0.1, 0.15) is 26.3 Å². The lowest BCUT2D eigenvalue weighted by Gasteiger charge is -2.41. The third-order valence-electron chi connectivity index (χ3n) is 7.06. The molecule has 1 N–H and O–H groups in total. The maximum atomic E-state index is 14.5. The van der Waals surface area contributed by atoms with Gasteiger partial charge in [0.05, 0.1) is 32.1 Å². The van der Waals surface area contributed by atoms with Gasteiger partial charge >= 0.3 is 0 Å². The molecule has 3 aliphatic rings. The number of nitrogens with one attached hydrogen (secondary N) is 1. The summed E-state index contributed by atoms with van der Waals surface area (Å²) in [5.74, 6) is 0.918. The molecule has 2 spiro atoms. The Balaban J connectivity index is 1.59. The van der Waals surface area contributed by atoms with Crippen molar-refractivity contribution < 1.29 is 23.2 Å². The van der Waals surface area contributed by atoms with Crippen LogP contribution < -0.4 is 10.1 Å². The zero-order chi connectivity index (χ0) is 23.7. The van der Waals surface area contributed by atoms with E-state index in [1.165, 1.54) is 11.8 Å². The molecule has 2 fully saturated rings. The second-order valence-corrected chi connectivity index (χ2v) is 10.5. The van der Waals surface area contributed by atoms with Gasteiger partial charge in [-0.3, -0.25) is 19.4 Å². The number of nitrogens with zero attached hydrogens (tertiary/aromatic N) is 2. The molecule has 6 rings (SSSR count). The molecular formula is C24H21N3O5S2. The van der Waals surface area contributed by atoms with E-state index in [4.69, 9.17) is 25.8 Å². The molecule has 2 aromatic heterocycles. The van der Waals surface area contributed by atoms with Crippen LogP contribution in [-0.4, -0.2) is 51.4 Å². The Kier molecular flexibility index (Phi) is 4.71. The number of ether oxygens (including phenoxy) is 1. The number of carbonyl (C=O) groups excluding carboxylic acids is 2. The van der Waals surface area contributed by atoms with E-state index in [2.05, 4.69) is 5.32 Å². The molecule has 2 amide bonds. The van der Waals surface area contributed by atoms with Crippen molar-refractivity contribution in [1.29, 1.82) is 0 Å². The highest BCUT2D eigenvalue weighted by Crippen LogP contribution is 2.66. The van der Waals surface area contributed by atoms with Crippen molar-refractivity contribution in [2.45, 2.75) is 22.7 Å². The minimum absolute atomic E-state index is 0.191. The summed E-state index contributed by atoms with van der Waals surface area (Å²) in [6.07, 6.45) is 3.15. The Hall–Kier alpha value is -3.08. The first-order valence-electron chi connectivity index (χ1n) is 10.8. The quantitative estimate of drug-likeness (QED) is 0.550. The number of anilines is 1. The first kappa shape index (κ1) is 21.5. The Morgan fingerprint density at radius 1 is 1.21 bits per heavy atom. The number of hydrogen-bond donors (Lipinski definition) is 1. The van der Waals surface area contributed by atoms with Crippen LogP contribution in [-0.2, 0) is 21.7 Å². The van der Waals surface area contributed by atoms with Crippen LogP contribution in [0.3, 0.4) is 0 Å². The van der Waals surface area contributed by atoms with Gasteiger partial charge in [0.25, 0.3) is 5.91 Å². The van der Waals surface area contributed by atoms with Crippen LogP contribution in [0, 0.1) is 0 Å². The number of hydrogen-bond acceptors (Lipinski definition) is 8. The van der Waals surface area contributed by atoms with Crippen molar-refractivity contribution in [3.05, 3.63) is 72.1 Å². The standard InChI is InChI=1S/C24H21N3O5S2/c1-26-13-17(19-6-4-10-32-19)24(21(29)27(22(33)34-24)12-15-5-3-9-31-15)23(26)16-11-14(30-2)7-8-18(16)25-20(23)28/h3-11,17H,12-13H2,1-2H3,(H,25,28)/t17-,23+,24+/m1/s1. The number of carbonyl (C=O) groups is 2. The van der Waals surface area contributed by atoms with Crippen LogP contribution in [0.5, 0.6) is 5.75 Å². The number of furan rings is 2. The molecule has 0 bridgehead atoms. The van der Waals surface area contributed by atoms with Crippen molar-refractivity contribution in [3.8, 4) is 5.75 Å². The highest BCUT2D eigenvalue weighted by atomic mass is 32.2. The van der Waals surface area contributed by atoms with Gasteiger partial charge in [0.15, 0.2) is 5.54 Å². The Morgan fingerprint density at radius 2 is 2.00 bits per heavy atom. The molecule has 10 heteroatoms. The average molecular weight is 496 g/mol. The molecular weight excluding hydrogens is 474 g/mol. The van der Waals surface area contributed by atoms with Crippen molar-refractivity contribution in [2.24, 2.45) is 0 Å². The molecule has 1 aromatic carbocycles. The molecule has 0 radical (unpaired) electrons. The SMILES string of the molecule is COc1ccc2c(c1)[C@@]1(C(=O)N2)N(C)C[C@H](c2ccco2)[C@@]12SC(=S)N(Cc1ccco1)C2=O. The molecule has 2 saturated heterocycles. The molecule has 174 valence electrons. The topological polar surface area (TPSA) is 88.2 Å². The third kappa shape index (κ3) is 2.56. The van der Waals surface area contributed by atoms with Crippen LogP contribution in [0.2, 0.25) is 0 Å². The Morgan fingerprint density at radius 3 is 2.71 bits per heavy atom. The number of likely N-dealkylation sites (N-methyl/N-ethyl adjacent to an activating group) is 1. The minimum atomic E-state index is -1.32. The third-order valence-corrected chi connectivity index (χ3v) is 9.00. The second kappa shape index (κ2) is 7.46. The van der Waals surface area contributed by atoms with Gasteiger partial charge in [-0.15, -0.1) is 0 Å². The molecule has 0 aliphatic carbocycles. The van der Waals surface area contributed by atoms with Gasteiger partial charge in [0, 0.05) is 17.8 Å². The van der Waals surface area contributed by atoms with E-state index in [0.29, 0.717) is 39.4 Å². The number of thioether (sulfide) groups is 1. The smallest absolute Gasteiger partial charge is 0.251 e. The van der Waals surface area contributed by atoms with Gasteiger partial charge in [-0.2, -0.15) is 0 Å². The zero-order valence-corrected chi connectivity index (χ0v) is 20.1. The van der Waals surface area contributed by atoms with Crippen LogP contribution in [0.15, 0.2) is 63.8 Å². The van der Waals surface area contributed by atoms with Crippen LogP contribution in [0.25, 0.3) is 0 Å². The summed E-state index contributed by atoms with van der Waals surface area (Å²) >= 11 is 7.01. The van der Waals surface area contributed by atoms with Crippen molar-refractivity contribution in [1.82, 2.24) is 9.80 Å². The molecule has 3 aromatic rings. The average Bonchev–Trinajstić information content (AvgIpc) is 3.63. The normalized spacial score (nSPS) is 28.4. The molecule has 5 heterocycles. The van der Waals surface area contributed by atoms with E-state index in [1.54, 1.807) is 48.8 Å². The van der Waals surface area contributed by atoms with E-state index in [0.717, 1.165) is 0 Å². The number of likely N-dealkylation sites (tertiary alicyclic amines) is 1. The van der Waals surface area contributed by atoms with Crippen molar-refractivity contribution in [2.75, 3.05) is 26.0 Å². The molecule has 3 aliphatic heterocycles. The number of thiocarbonyl (C=S) groups is 1. The highest BCUT2D eigenvalue weighted by molar-refractivity contribution is 8.25. The van der Waals surface area contributed by atoms with E-state index in [-0.39, 0.29) is 18.4 Å². The summed E-state index contributed by atoms with van der Waals surface area (Å²) in [6.45, 7) is 0.615. The number of fused-ring (bicyclic) bond motifs is 3. The van der Waals surface area contributed by atoms with Crippen LogP contribution in [0.1, 0.15) is 23.0 Å². The zero-order valence-electron chi connectivity index (χ0n) is 18.4. The maximum Gasteiger partial charge on any atom is 0.251 e. The summed E-state index contributed by atoms with van der Waals surface area (Å²) in [5.41, 5.74) is 0.0238. The predicted octanol–water partition coefficient (Wildman–Crippen LogP) is 3.56. The van der Waals surface area contributed by atoms with Gasteiger partial charge < -0.3 is 18.9 Å². The first-order valence-corrected chi connectivity index (χ1v) is 12.0. The van der Waals surface area contributed by atoms with Gasteiger partial charge in [0.2, 0.25) is 5.91 Å². The molecule has 34 heavy (non-hydrogen) atoms. The maximum absolute atomic E-state index is 14.5. The summed E-state index contributed by atoms with van der Waals surface area (Å²) in [4.78, 5) is 31.9. The van der Waals surface area contributed by atoms with Crippen molar-refractivity contribution >= 4 is 45.8 Å². The Bertz CT molecular complexity index is 1310. The number of rotatable bonds is 4. The van der Waals surface area contributed by atoms with Crippen LogP contribution >= 0.6 is 24.0 Å². The van der Waals surface area contributed by atoms with E-state index < -0.39 is 16.2 Å². The molecule has 0 saturated carbocycles. The monoisotopic (exact) mass is 495 g/mol. The van der Waals surface area contributed by atoms with E-state index in [9.17, 15) is 9.59 Å². The lowest BCUT2D eigenvalue weighted by molar-refractivity contribution is -0.138. The van der Waals surface area contributed by atoms with Gasteiger partial charge in [-0.05, 0) is 49.5 Å². The minimum Gasteiger partial charge on any atom is -0.497 e. The number of methoxy groups -OCH3 is 1. The number of amides is 2. The van der Waals surface area contributed by atoms with E-state index in [1.807, 2.05) is 30.1 Å².